The van der Waals surface area contributed by atoms with E-state index >= 15 is 0 Å². The van der Waals surface area contributed by atoms with E-state index in [1.807, 2.05) is 11.4 Å². The van der Waals surface area contributed by atoms with Gasteiger partial charge in [0.15, 0.2) is 0 Å². The molecule has 15 heavy (non-hydrogen) atoms. The molecule has 0 aliphatic carbocycles. The third-order valence-corrected chi connectivity index (χ3v) is 2.87. The van der Waals surface area contributed by atoms with E-state index in [1.165, 1.54) is 0 Å². The van der Waals surface area contributed by atoms with E-state index in [0.29, 0.717) is 0 Å². The average Bonchev–Trinajstić information content (AvgIpc) is 2.80. The summed E-state index contributed by atoms with van der Waals surface area (Å²) in [7, 11) is 0. The van der Waals surface area contributed by atoms with Crippen molar-refractivity contribution < 1.29 is 0 Å². The summed E-state index contributed by atoms with van der Waals surface area (Å²) in [6, 6.07) is 1.93. The van der Waals surface area contributed by atoms with Gasteiger partial charge in [0, 0.05) is 24.2 Å². The van der Waals surface area contributed by atoms with Gasteiger partial charge in [0.25, 0.3) is 0 Å². The van der Waals surface area contributed by atoms with Crippen LogP contribution in [0, 0.1) is 0 Å². The highest BCUT2D eigenvalue weighted by atomic mass is 32.1. The zero-order valence-corrected chi connectivity index (χ0v) is 8.81. The molecule has 1 atom stereocenters. The highest BCUT2D eigenvalue weighted by Crippen LogP contribution is 2.17. The van der Waals surface area contributed by atoms with Crippen molar-refractivity contribution in [3.8, 4) is 0 Å². The van der Waals surface area contributed by atoms with Gasteiger partial charge in [0.1, 0.15) is 0 Å². The summed E-state index contributed by atoms with van der Waals surface area (Å²) in [6.07, 6.45) is 5.91. The van der Waals surface area contributed by atoms with Crippen LogP contribution in [0.3, 0.4) is 0 Å². The molecule has 0 saturated heterocycles. The lowest BCUT2D eigenvalue weighted by Crippen LogP contribution is -2.29. The minimum atomic E-state index is 0.0339. The molecule has 78 valence electrons. The molecule has 0 radical (unpaired) electrons. The van der Waals surface area contributed by atoms with Crippen LogP contribution < -0.4 is 11.3 Å². The fourth-order valence-corrected chi connectivity index (χ4v) is 1.97. The Kier molecular flexibility index (Phi) is 3.33. The first-order chi connectivity index (χ1) is 7.40. The normalized spacial score (nSPS) is 12.6. The van der Waals surface area contributed by atoms with Crippen molar-refractivity contribution >= 4 is 11.3 Å². The molecule has 2 heterocycles. The van der Waals surface area contributed by atoms with Crippen molar-refractivity contribution in [3.05, 3.63) is 40.6 Å². The number of hydrogen-bond donors (Lipinski definition) is 2. The lowest BCUT2D eigenvalue weighted by atomic mass is 10.1. The summed E-state index contributed by atoms with van der Waals surface area (Å²) in [5.74, 6) is 5.50. The van der Waals surface area contributed by atoms with Crippen LogP contribution in [0.15, 0.2) is 30.0 Å². The second-order valence-corrected chi connectivity index (χ2v) is 4.00. The Hall–Kier alpha value is -1.37. The van der Waals surface area contributed by atoms with E-state index in [2.05, 4.69) is 20.6 Å². The number of hydrazine groups is 1. The van der Waals surface area contributed by atoms with Crippen LogP contribution in [0.1, 0.15) is 16.6 Å². The smallest absolute Gasteiger partial charge is 0.0944 e. The molecule has 0 bridgehead atoms. The van der Waals surface area contributed by atoms with Crippen LogP contribution in [-0.4, -0.2) is 15.2 Å². The summed E-state index contributed by atoms with van der Waals surface area (Å²) < 4.78 is 0. The van der Waals surface area contributed by atoms with E-state index in [9.17, 15) is 0 Å². The first-order valence-electron chi connectivity index (χ1n) is 4.51. The lowest BCUT2D eigenvalue weighted by Gasteiger charge is -2.13. The van der Waals surface area contributed by atoms with Gasteiger partial charge >= 0.3 is 0 Å². The van der Waals surface area contributed by atoms with Gasteiger partial charge in [-0.1, -0.05) is 0 Å². The SMILES string of the molecule is NNC(Cc1nccs1)c1ccnnc1. The van der Waals surface area contributed by atoms with Crippen LogP contribution >= 0.6 is 11.3 Å². The number of aromatic nitrogens is 3. The first-order valence-corrected chi connectivity index (χ1v) is 5.39. The van der Waals surface area contributed by atoms with Gasteiger partial charge in [-0.15, -0.1) is 11.3 Å². The molecule has 3 N–H and O–H groups in total. The Balaban J connectivity index is 2.12. The van der Waals surface area contributed by atoms with Crippen molar-refractivity contribution in [1.29, 1.82) is 0 Å². The van der Waals surface area contributed by atoms with E-state index in [0.717, 1.165) is 17.0 Å². The van der Waals surface area contributed by atoms with Crippen molar-refractivity contribution in [3.63, 3.8) is 0 Å². The Morgan fingerprint density at radius 3 is 2.93 bits per heavy atom. The number of rotatable bonds is 4. The Morgan fingerprint density at radius 2 is 2.33 bits per heavy atom. The summed E-state index contributed by atoms with van der Waals surface area (Å²) in [5.41, 5.74) is 3.77. The fourth-order valence-electron chi connectivity index (χ4n) is 1.31. The lowest BCUT2D eigenvalue weighted by molar-refractivity contribution is 0.547. The van der Waals surface area contributed by atoms with Gasteiger partial charge in [0.2, 0.25) is 0 Å². The molecule has 2 aromatic rings. The van der Waals surface area contributed by atoms with Gasteiger partial charge in [-0.05, 0) is 11.6 Å². The number of hydrogen-bond acceptors (Lipinski definition) is 6. The zero-order chi connectivity index (χ0) is 10.5. The second-order valence-electron chi connectivity index (χ2n) is 3.02. The third-order valence-electron chi connectivity index (χ3n) is 2.07. The Labute approximate surface area is 91.3 Å². The first kappa shape index (κ1) is 10.2. The predicted octanol–water partition coefficient (Wildman–Crippen LogP) is 0.680. The summed E-state index contributed by atoms with van der Waals surface area (Å²) in [5, 5.41) is 10.6. The van der Waals surface area contributed by atoms with E-state index in [4.69, 9.17) is 5.84 Å². The van der Waals surface area contributed by atoms with Crippen LogP contribution in [0.2, 0.25) is 0 Å². The van der Waals surface area contributed by atoms with Crippen LogP contribution in [0.5, 0.6) is 0 Å². The molecule has 0 saturated carbocycles. The molecule has 0 amide bonds. The Bertz CT molecular complexity index is 388. The van der Waals surface area contributed by atoms with Crippen LogP contribution in [-0.2, 0) is 6.42 Å². The molecule has 0 spiro atoms. The highest BCUT2D eigenvalue weighted by Gasteiger charge is 2.11. The molecule has 0 aliphatic heterocycles. The third kappa shape index (κ3) is 2.56. The Morgan fingerprint density at radius 1 is 1.40 bits per heavy atom. The largest absolute Gasteiger partial charge is 0.271 e. The van der Waals surface area contributed by atoms with Gasteiger partial charge in [-0.2, -0.15) is 10.2 Å². The van der Waals surface area contributed by atoms with Gasteiger partial charge in [-0.3, -0.25) is 11.3 Å². The molecule has 0 aliphatic rings. The van der Waals surface area contributed by atoms with E-state index in [1.54, 1.807) is 29.9 Å². The molecule has 0 aromatic carbocycles. The van der Waals surface area contributed by atoms with Gasteiger partial charge < -0.3 is 0 Å². The highest BCUT2D eigenvalue weighted by molar-refractivity contribution is 7.09. The molecule has 2 rings (SSSR count). The molecule has 6 heteroatoms. The summed E-state index contributed by atoms with van der Waals surface area (Å²) in [4.78, 5) is 4.22. The maximum Gasteiger partial charge on any atom is 0.0944 e. The monoisotopic (exact) mass is 221 g/mol. The molecule has 1 unspecified atom stereocenters. The van der Waals surface area contributed by atoms with Crippen molar-refractivity contribution in [2.24, 2.45) is 5.84 Å². The predicted molar refractivity (Wildman–Crippen MR) is 57.9 cm³/mol. The minimum Gasteiger partial charge on any atom is -0.271 e. The molecular weight excluding hydrogens is 210 g/mol. The number of thiazole rings is 1. The molecule has 0 fully saturated rings. The fraction of sp³-hybridized carbons (Fsp3) is 0.222. The van der Waals surface area contributed by atoms with Crippen LogP contribution in [0.25, 0.3) is 0 Å². The topological polar surface area (TPSA) is 76.7 Å². The summed E-state index contributed by atoms with van der Waals surface area (Å²) in [6.45, 7) is 0. The average molecular weight is 221 g/mol. The van der Waals surface area contributed by atoms with Gasteiger partial charge in [0.05, 0.1) is 17.2 Å². The molecule has 5 nitrogen and oxygen atoms in total. The quantitative estimate of drug-likeness (QED) is 0.586. The standard InChI is InChI=1S/C9H11N5S/c10-14-8(5-9-11-3-4-15-9)7-1-2-12-13-6-7/h1-4,6,8,14H,5,10H2. The second kappa shape index (κ2) is 4.92. The molecular formula is C9H11N5S. The van der Waals surface area contributed by atoms with E-state index in [-0.39, 0.29) is 6.04 Å². The van der Waals surface area contributed by atoms with Crippen LogP contribution in [0.4, 0.5) is 0 Å². The summed E-state index contributed by atoms with van der Waals surface area (Å²) >= 11 is 1.62. The number of nitrogens with two attached hydrogens (primary N) is 1. The minimum absolute atomic E-state index is 0.0339. The van der Waals surface area contributed by atoms with Gasteiger partial charge in [-0.25, -0.2) is 4.98 Å². The molecule has 2 aromatic heterocycles. The number of nitrogens with zero attached hydrogens (tertiary/aromatic N) is 3. The maximum absolute atomic E-state index is 5.50. The van der Waals surface area contributed by atoms with Crippen molar-refractivity contribution in [1.82, 2.24) is 20.6 Å². The number of nitrogens with one attached hydrogen (secondary N) is 1. The maximum atomic E-state index is 5.50. The van der Waals surface area contributed by atoms with Crippen molar-refractivity contribution in [2.75, 3.05) is 0 Å². The van der Waals surface area contributed by atoms with Crippen molar-refractivity contribution in [2.45, 2.75) is 12.5 Å². The van der Waals surface area contributed by atoms with E-state index < -0.39 is 0 Å². The zero-order valence-electron chi connectivity index (χ0n) is 8.00.